The van der Waals surface area contributed by atoms with Crippen LogP contribution in [0.1, 0.15) is 50.2 Å². The van der Waals surface area contributed by atoms with Crippen LogP contribution in [0.5, 0.6) is 17.2 Å². The number of carbonyl (C=O) groups is 2. The van der Waals surface area contributed by atoms with Crippen molar-refractivity contribution < 1.29 is 23.8 Å². The largest absolute Gasteiger partial charge is 0.497 e. The summed E-state index contributed by atoms with van der Waals surface area (Å²) in [6, 6.07) is 22.6. The Kier molecular flexibility index (Phi) is 10.3. The van der Waals surface area contributed by atoms with Crippen molar-refractivity contribution in [2.45, 2.75) is 38.0 Å². The number of methoxy groups -OCH3 is 3. The van der Waals surface area contributed by atoms with Crippen molar-refractivity contribution in [3.63, 3.8) is 0 Å². The maximum absolute atomic E-state index is 13.9. The highest BCUT2D eigenvalue weighted by Crippen LogP contribution is 2.36. The Morgan fingerprint density at radius 1 is 0.939 bits per heavy atom. The minimum atomic E-state index is -0.307. The van der Waals surface area contributed by atoms with E-state index < -0.39 is 0 Å². The Hall–Kier alpha value is -5.14. The van der Waals surface area contributed by atoms with Crippen LogP contribution in [0.4, 0.5) is 0 Å². The fourth-order valence-corrected chi connectivity index (χ4v) is 7.10. The van der Waals surface area contributed by atoms with Gasteiger partial charge in [-0.15, -0.1) is 21.5 Å². The van der Waals surface area contributed by atoms with Crippen molar-refractivity contribution in [2.24, 2.45) is 5.10 Å². The molecule has 11 nitrogen and oxygen atoms in total. The molecule has 0 saturated carbocycles. The van der Waals surface area contributed by atoms with E-state index in [0.717, 1.165) is 38.7 Å². The molecule has 0 radical (unpaired) electrons. The number of ether oxygens (including phenoxy) is 3. The third-order valence-corrected chi connectivity index (χ3v) is 9.99. The normalized spacial score (nSPS) is 14.0. The summed E-state index contributed by atoms with van der Waals surface area (Å²) in [5, 5.41) is 20.8. The number of hydrazone groups is 1. The fourth-order valence-electron chi connectivity index (χ4n) is 5.56. The lowest BCUT2D eigenvalue weighted by atomic mass is 10.0. The highest BCUT2D eigenvalue weighted by atomic mass is 32.2. The lowest BCUT2D eigenvalue weighted by molar-refractivity contribution is -0.130. The summed E-state index contributed by atoms with van der Waals surface area (Å²) in [5.41, 5.74) is 5.17. The predicted molar refractivity (Wildman–Crippen MR) is 190 cm³/mol. The molecule has 0 aliphatic carbocycles. The van der Waals surface area contributed by atoms with Crippen molar-refractivity contribution in [3.05, 3.63) is 111 Å². The van der Waals surface area contributed by atoms with Crippen LogP contribution in [0.25, 0.3) is 5.69 Å². The van der Waals surface area contributed by atoms with Crippen LogP contribution in [0.15, 0.2) is 88.4 Å². The topological polar surface area (TPSA) is 120 Å². The van der Waals surface area contributed by atoms with E-state index >= 15 is 0 Å². The first-order valence-electron chi connectivity index (χ1n) is 15.5. The van der Waals surface area contributed by atoms with Gasteiger partial charge in [0.2, 0.25) is 0 Å². The molecule has 1 atom stereocenters. The van der Waals surface area contributed by atoms with E-state index in [4.69, 9.17) is 19.3 Å². The van der Waals surface area contributed by atoms with Crippen LogP contribution in [-0.4, -0.2) is 64.4 Å². The van der Waals surface area contributed by atoms with E-state index in [2.05, 4.69) is 15.5 Å². The average Bonchev–Trinajstić information content (AvgIpc) is 3.91. The minimum absolute atomic E-state index is 0.0782. The van der Waals surface area contributed by atoms with E-state index in [9.17, 15) is 9.59 Å². The van der Waals surface area contributed by atoms with Gasteiger partial charge in [0.1, 0.15) is 5.75 Å². The summed E-state index contributed by atoms with van der Waals surface area (Å²) < 4.78 is 17.9. The Morgan fingerprint density at radius 2 is 1.73 bits per heavy atom. The Balaban J connectivity index is 1.25. The molecule has 2 amide bonds. The number of nitrogens with zero attached hydrogens (tertiary/aromatic N) is 5. The Labute approximate surface area is 292 Å². The highest BCUT2D eigenvalue weighted by molar-refractivity contribution is 7.99. The maximum Gasteiger partial charge on any atom is 0.253 e. The molecule has 6 rings (SSSR count). The number of thioether (sulfide) groups is 1. The second kappa shape index (κ2) is 15.0. The molecule has 3 aromatic carbocycles. The fraction of sp³-hybridized carbons (Fsp3) is 0.250. The van der Waals surface area contributed by atoms with Crippen LogP contribution in [0, 0.1) is 13.8 Å². The number of aryl methyl sites for hydroxylation is 2. The molecule has 0 fully saturated rings. The number of amides is 2. The van der Waals surface area contributed by atoms with Crippen molar-refractivity contribution >= 4 is 40.6 Å². The van der Waals surface area contributed by atoms with Crippen LogP contribution in [0.2, 0.25) is 0 Å². The molecule has 0 spiro atoms. The zero-order valence-corrected chi connectivity index (χ0v) is 29.4. The van der Waals surface area contributed by atoms with Crippen molar-refractivity contribution in [3.8, 4) is 22.9 Å². The summed E-state index contributed by atoms with van der Waals surface area (Å²) in [6.45, 7) is 4.12. The molecular weight excluding hydrogens is 661 g/mol. The van der Waals surface area contributed by atoms with Gasteiger partial charge >= 0.3 is 0 Å². The molecule has 0 unspecified atom stereocenters. The summed E-state index contributed by atoms with van der Waals surface area (Å²) in [7, 11) is 4.69. The van der Waals surface area contributed by atoms with Gasteiger partial charge in [-0.05, 0) is 78.4 Å². The van der Waals surface area contributed by atoms with Crippen molar-refractivity contribution in [1.29, 1.82) is 0 Å². The molecule has 1 aliphatic rings. The number of carbonyl (C=O) groups excluding carboxylic acids is 2. The number of rotatable bonds is 12. The first-order valence-corrected chi connectivity index (χ1v) is 17.4. The number of benzene rings is 3. The SMILES string of the molecule is COc1ccc([C@@H]2CC(c3cccs3)=NN2C(=O)CSc2nnc(CNC(=O)c3ccc(OC)c(OC)c3)n2-c2cc(C)ccc2C)cc1. The summed E-state index contributed by atoms with van der Waals surface area (Å²) in [5.74, 6) is 1.87. The molecule has 0 bridgehead atoms. The molecular formula is C36H36N6O5S2. The number of hydrogen-bond acceptors (Lipinski definition) is 10. The van der Waals surface area contributed by atoms with Gasteiger partial charge in [-0.1, -0.05) is 42.1 Å². The third-order valence-electron chi connectivity index (χ3n) is 8.16. The molecule has 0 saturated heterocycles. The van der Waals surface area contributed by atoms with Gasteiger partial charge in [0.15, 0.2) is 22.5 Å². The van der Waals surface area contributed by atoms with Gasteiger partial charge in [-0.25, -0.2) is 5.01 Å². The first-order chi connectivity index (χ1) is 23.8. The Bertz CT molecular complexity index is 1990. The zero-order valence-electron chi connectivity index (χ0n) is 27.8. The molecule has 252 valence electrons. The lowest BCUT2D eigenvalue weighted by Crippen LogP contribution is -2.28. The van der Waals surface area contributed by atoms with E-state index in [1.807, 2.05) is 78.4 Å². The lowest BCUT2D eigenvalue weighted by Gasteiger charge is -2.22. The molecule has 2 aromatic heterocycles. The van der Waals surface area contributed by atoms with E-state index in [-0.39, 0.29) is 30.2 Å². The quantitative estimate of drug-likeness (QED) is 0.150. The maximum atomic E-state index is 13.9. The van der Waals surface area contributed by atoms with E-state index in [0.29, 0.717) is 34.5 Å². The standard InChI is InChI=1S/C36H36N6O5S2/c1-22-8-9-23(2)28(17-22)41-33(20-37-35(44)25-12-15-30(46-4)31(18-25)47-5)38-39-36(41)49-21-34(43)42-29(24-10-13-26(45-3)14-11-24)19-27(40-42)32-7-6-16-48-32/h6-18,29H,19-21H2,1-5H3,(H,37,44)/t29-/m0/s1. The first kappa shape index (κ1) is 33.7. The summed E-state index contributed by atoms with van der Waals surface area (Å²) in [4.78, 5) is 28.1. The number of thiophene rings is 1. The number of aromatic nitrogens is 3. The van der Waals surface area contributed by atoms with E-state index in [1.165, 1.54) is 18.9 Å². The monoisotopic (exact) mass is 696 g/mol. The Morgan fingerprint density at radius 3 is 2.45 bits per heavy atom. The van der Waals surface area contributed by atoms with Crippen molar-refractivity contribution in [1.82, 2.24) is 25.1 Å². The molecule has 13 heteroatoms. The zero-order chi connectivity index (χ0) is 34.5. The van der Waals surface area contributed by atoms with Gasteiger partial charge < -0.3 is 19.5 Å². The highest BCUT2D eigenvalue weighted by Gasteiger charge is 2.34. The molecule has 1 N–H and O–H groups in total. The van der Waals surface area contributed by atoms with Crippen LogP contribution >= 0.6 is 23.1 Å². The second-order valence-electron chi connectivity index (χ2n) is 11.3. The molecule has 49 heavy (non-hydrogen) atoms. The predicted octanol–water partition coefficient (Wildman–Crippen LogP) is 6.37. The summed E-state index contributed by atoms with van der Waals surface area (Å²) >= 11 is 2.89. The van der Waals surface area contributed by atoms with Gasteiger partial charge in [-0.2, -0.15) is 5.10 Å². The average molecular weight is 697 g/mol. The third kappa shape index (κ3) is 7.32. The molecule has 3 heterocycles. The number of nitrogens with one attached hydrogen (secondary N) is 1. The van der Waals surface area contributed by atoms with Crippen LogP contribution in [-0.2, 0) is 11.3 Å². The second-order valence-corrected chi connectivity index (χ2v) is 13.2. The van der Waals surface area contributed by atoms with Gasteiger partial charge in [0.05, 0.1) is 55.9 Å². The minimum Gasteiger partial charge on any atom is -0.497 e. The van der Waals surface area contributed by atoms with Crippen LogP contribution < -0.4 is 19.5 Å². The molecule has 1 aliphatic heterocycles. The van der Waals surface area contributed by atoms with Gasteiger partial charge in [0, 0.05) is 12.0 Å². The smallest absolute Gasteiger partial charge is 0.253 e. The van der Waals surface area contributed by atoms with Gasteiger partial charge in [-0.3, -0.25) is 14.2 Å². The van der Waals surface area contributed by atoms with E-state index in [1.54, 1.807) is 48.8 Å². The van der Waals surface area contributed by atoms with Crippen molar-refractivity contribution in [2.75, 3.05) is 27.1 Å². The summed E-state index contributed by atoms with van der Waals surface area (Å²) in [6.07, 6.45) is 0.603. The molecule has 5 aromatic rings. The number of hydrogen-bond donors (Lipinski definition) is 1. The van der Waals surface area contributed by atoms with Crippen LogP contribution in [0.3, 0.4) is 0 Å². The van der Waals surface area contributed by atoms with Gasteiger partial charge in [0.25, 0.3) is 11.8 Å².